The second-order valence-electron chi connectivity index (χ2n) is 4.13. The van der Waals surface area contributed by atoms with Gasteiger partial charge >= 0.3 is 0 Å². The summed E-state index contributed by atoms with van der Waals surface area (Å²) in [7, 11) is 0. The van der Waals surface area contributed by atoms with Crippen LogP contribution in [0.2, 0.25) is 0 Å². The van der Waals surface area contributed by atoms with Crippen molar-refractivity contribution in [3.8, 4) is 11.5 Å². The second-order valence-corrected chi connectivity index (χ2v) is 4.13. The van der Waals surface area contributed by atoms with E-state index in [0.717, 1.165) is 29.8 Å². The van der Waals surface area contributed by atoms with Crippen LogP contribution in [0.5, 0.6) is 11.5 Å². The van der Waals surface area contributed by atoms with Gasteiger partial charge in [0.2, 0.25) is 0 Å². The molecule has 0 heterocycles. The normalized spacial score (nSPS) is 11.1. The van der Waals surface area contributed by atoms with Crippen LogP contribution in [0.25, 0.3) is 0 Å². The van der Waals surface area contributed by atoms with E-state index in [1.807, 2.05) is 6.92 Å². The molecule has 1 aromatic rings. The minimum absolute atomic E-state index is 0.278. The highest BCUT2D eigenvalue weighted by Gasteiger charge is 2.13. The monoisotopic (exact) mass is 223 g/mol. The van der Waals surface area contributed by atoms with Crippen molar-refractivity contribution in [1.29, 1.82) is 0 Å². The summed E-state index contributed by atoms with van der Waals surface area (Å²) in [6, 6.07) is 1.63. The quantitative estimate of drug-likeness (QED) is 0.771. The summed E-state index contributed by atoms with van der Waals surface area (Å²) in [5, 5.41) is 19.7. The zero-order valence-electron chi connectivity index (χ0n) is 10.5. The standard InChI is InChI=1S/C13H21NO2/c1-5-14(6-2)8-11-10(4)13(16)9(3)7-12(11)15/h7,15-16H,5-6,8H2,1-4H3. The molecule has 0 fully saturated rings. The fourth-order valence-corrected chi connectivity index (χ4v) is 1.86. The molecule has 3 heteroatoms. The van der Waals surface area contributed by atoms with Gasteiger partial charge in [-0.2, -0.15) is 0 Å². The molecule has 0 aliphatic carbocycles. The zero-order valence-corrected chi connectivity index (χ0v) is 10.5. The Balaban J connectivity index is 3.09. The number of phenols is 2. The van der Waals surface area contributed by atoms with E-state index in [4.69, 9.17) is 0 Å². The van der Waals surface area contributed by atoms with Gasteiger partial charge in [0.25, 0.3) is 0 Å². The lowest BCUT2D eigenvalue weighted by Gasteiger charge is -2.21. The van der Waals surface area contributed by atoms with Gasteiger partial charge in [0.15, 0.2) is 0 Å². The lowest BCUT2D eigenvalue weighted by molar-refractivity contribution is 0.289. The molecule has 0 aromatic heterocycles. The lowest BCUT2D eigenvalue weighted by atomic mass is 10.0. The molecule has 0 aliphatic heterocycles. The summed E-state index contributed by atoms with van der Waals surface area (Å²) < 4.78 is 0. The van der Waals surface area contributed by atoms with Crippen LogP contribution in [-0.4, -0.2) is 28.2 Å². The Bertz CT molecular complexity index is 371. The van der Waals surface area contributed by atoms with E-state index in [2.05, 4.69) is 18.7 Å². The molecule has 0 saturated carbocycles. The first kappa shape index (κ1) is 12.8. The molecular weight excluding hydrogens is 202 g/mol. The Kier molecular flexibility index (Phi) is 4.19. The highest BCUT2D eigenvalue weighted by molar-refractivity contribution is 5.51. The Hall–Kier alpha value is -1.22. The smallest absolute Gasteiger partial charge is 0.121 e. The summed E-state index contributed by atoms with van der Waals surface area (Å²) in [6.07, 6.45) is 0. The molecule has 1 aromatic carbocycles. The van der Waals surface area contributed by atoms with Crippen LogP contribution >= 0.6 is 0 Å². The molecule has 0 bridgehead atoms. The number of hydrogen-bond acceptors (Lipinski definition) is 3. The van der Waals surface area contributed by atoms with Crippen molar-refractivity contribution in [3.05, 3.63) is 22.8 Å². The van der Waals surface area contributed by atoms with Crippen molar-refractivity contribution in [2.24, 2.45) is 0 Å². The zero-order chi connectivity index (χ0) is 12.3. The molecule has 0 amide bonds. The van der Waals surface area contributed by atoms with Gasteiger partial charge in [-0.1, -0.05) is 13.8 Å². The Morgan fingerprint density at radius 3 is 2.19 bits per heavy atom. The van der Waals surface area contributed by atoms with Gasteiger partial charge in [0, 0.05) is 12.1 Å². The number of hydrogen-bond donors (Lipinski definition) is 2. The molecule has 0 unspecified atom stereocenters. The summed E-state index contributed by atoms with van der Waals surface area (Å²) in [5.74, 6) is 0.569. The SMILES string of the molecule is CCN(CC)Cc1c(O)cc(C)c(O)c1C. The van der Waals surface area contributed by atoms with Crippen LogP contribution in [0.15, 0.2) is 6.07 Å². The first-order chi connectivity index (χ1) is 7.51. The molecule has 0 saturated heterocycles. The Morgan fingerprint density at radius 2 is 1.69 bits per heavy atom. The van der Waals surface area contributed by atoms with Crippen LogP contribution in [0.3, 0.4) is 0 Å². The number of nitrogens with zero attached hydrogens (tertiary/aromatic N) is 1. The van der Waals surface area contributed by atoms with E-state index in [0.29, 0.717) is 12.3 Å². The highest BCUT2D eigenvalue weighted by atomic mass is 16.3. The van der Waals surface area contributed by atoms with Crippen LogP contribution in [0.4, 0.5) is 0 Å². The molecule has 0 aliphatic rings. The molecule has 3 nitrogen and oxygen atoms in total. The second kappa shape index (κ2) is 5.21. The van der Waals surface area contributed by atoms with Crippen molar-refractivity contribution >= 4 is 0 Å². The Morgan fingerprint density at radius 1 is 1.12 bits per heavy atom. The molecule has 90 valence electrons. The molecule has 0 spiro atoms. The number of phenolic OH excluding ortho intramolecular Hbond substituents is 2. The average Bonchev–Trinajstić information content (AvgIpc) is 2.27. The predicted octanol–water partition coefficient (Wildman–Crippen LogP) is 2.56. The number of aromatic hydroxyl groups is 2. The molecule has 1 rings (SSSR count). The molecule has 0 radical (unpaired) electrons. The molecule has 2 N–H and O–H groups in total. The van der Waals surface area contributed by atoms with Gasteiger partial charge in [0.1, 0.15) is 11.5 Å². The van der Waals surface area contributed by atoms with Gasteiger partial charge in [-0.3, -0.25) is 4.90 Å². The fourth-order valence-electron chi connectivity index (χ4n) is 1.86. The van der Waals surface area contributed by atoms with Crippen LogP contribution < -0.4 is 0 Å². The maximum atomic E-state index is 9.90. The van der Waals surface area contributed by atoms with Crippen LogP contribution in [-0.2, 0) is 6.54 Å². The van der Waals surface area contributed by atoms with E-state index < -0.39 is 0 Å². The van der Waals surface area contributed by atoms with E-state index in [-0.39, 0.29) is 5.75 Å². The first-order valence-corrected chi connectivity index (χ1v) is 5.74. The third-order valence-electron chi connectivity index (χ3n) is 3.12. The van der Waals surface area contributed by atoms with Gasteiger partial charge in [-0.25, -0.2) is 0 Å². The lowest BCUT2D eigenvalue weighted by Crippen LogP contribution is -2.22. The number of rotatable bonds is 4. The fraction of sp³-hybridized carbons (Fsp3) is 0.538. The van der Waals surface area contributed by atoms with Gasteiger partial charge in [-0.15, -0.1) is 0 Å². The van der Waals surface area contributed by atoms with Crippen molar-refractivity contribution in [2.45, 2.75) is 34.2 Å². The summed E-state index contributed by atoms with van der Waals surface area (Å²) in [4.78, 5) is 2.21. The third kappa shape index (κ3) is 2.47. The van der Waals surface area contributed by atoms with E-state index in [1.54, 1.807) is 13.0 Å². The van der Waals surface area contributed by atoms with Crippen molar-refractivity contribution in [1.82, 2.24) is 4.90 Å². The number of aryl methyl sites for hydroxylation is 1. The first-order valence-electron chi connectivity index (χ1n) is 5.74. The summed E-state index contributed by atoms with van der Waals surface area (Å²) >= 11 is 0. The Labute approximate surface area is 97.3 Å². The number of benzene rings is 1. The van der Waals surface area contributed by atoms with E-state index in [9.17, 15) is 10.2 Å². The largest absolute Gasteiger partial charge is 0.508 e. The van der Waals surface area contributed by atoms with Crippen molar-refractivity contribution < 1.29 is 10.2 Å². The molecule has 16 heavy (non-hydrogen) atoms. The van der Waals surface area contributed by atoms with E-state index in [1.165, 1.54) is 0 Å². The van der Waals surface area contributed by atoms with Crippen LogP contribution in [0.1, 0.15) is 30.5 Å². The molecular formula is C13H21NO2. The maximum Gasteiger partial charge on any atom is 0.121 e. The minimum Gasteiger partial charge on any atom is -0.508 e. The molecule has 0 atom stereocenters. The third-order valence-corrected chi connectivity index (χ3v) is 3.12. The van der Waals surface area contributed by atoms with Gasteiger partial charge < -0.3 is 10.2 Å². The predicted molar refractivity (Wildman–Crippen MR) is 65.9 cm³/mol. The van der Waals surface area contributed by atoms with E-state index >= 15 is 0 Å². The highest BCUT2D eigenvalue weighted by Crippen LogP contribution is 2.32. The van der Waals surface area contributed by atoms with Gasteiger partial charge in [0.05, 0.1) is 0 Å². The average molecular weight is 223 g/mol. The van der Waals surface area contributed by atoms with Crippen molar-refractivity contribution in [2.75, 3.05) is 13.1 Å². The van der Waals surface area contributed by atoms with Gasteiger partial charge in [-0.05, 0) is 44.1 Å². The topological polar surface area (TPSA) is 43.7 Å². The maximum absolute atomic E-state index is 9.90. The summed E-state index contributed by atoms with van der Waals surface area (Å²) in [5.41, 5.74) is 2.33. The minimum atomic E-state index is 0.278. The van der Waals surface area contributed by atoms with Crippen LogP contribution in [0, 0.1) is 13.8 Å². The summed E-state index contributed by atoms with van der Waals surface area (Å²) in [6.45, 7) is 10.4. The van der Waals surface area contributed by atoms with Crippen molar-refractivity contribution in [3.63, 3.8) is 0 Å².